The summed E-state index contributed by atoms with van der Waals surface area (Å²) in [6.07, 6.45) is 4.81. The van der Waals surface area contributed by atoms with Gasteiger partial charge in [-0.3, -0.25) is 14.5 Å². The van der Waals surface area contributed by atoms with Gasteiger partial charge in [0.15, 0.2) is 11.5 Å². The molecule has 0 unspecified atom stereocenters. The molecular weight excluding hydrogens is 408 g/mol. The van der Waals surface area contributed by atoms with Gasteiger partial charge in [-0.05, 0) is 57.4 Å². The van der Waals surface area contributed by atoms with Gasteiger partial charge in [-0.25, -0.2) is 0 Å². The van der Waals surface area contributed by atoms with E-state index in [9.17, 15) is 9.59 Å². The second-order valence-corrected chi connectivity index (χ2v) is 9.73. The zero-order valence-electron chi connectivity index (χ0n) is 16.9. The molecule has 1 saturated heterocycles. The summed E-state index contributed by atoms with van der Waals surface area (Å²) in [5, 5.41) is 2.96. The number of carbonyl (C=O) groups excluding carboxylic acids is 2. The van der Waals surface area contributed by atoms with E-state index in [1.807, 2.05) is 45.0 Å². The molecule has 0 bridgehead atoms. The lowest BCUT2D eigenvalue weighted by Gasteiger charge is -2.20. The fourth-order valence-electron chi connectivity index (χ4n) is 3.06. The molecule has 2 amide bonds. The van der Waals surface area contributed by atoms with Crippen LogP contribution in [-0.4, -0.2) is 39.9 Å². The SMILES string of the molecule is CC(C)(C)NC(=O)CCCCCN1C(=O)/C(=C/c2ccc3c(c2)OCO3)SC1=S. The highest BCUT2D eigenvalue weighted by molar-refractivity contribution is 8.26. The normalized spacial score (nSPS) is 17.3. The lowest BCUT2D eigenvalue weighted by molar-refractivity contribution is -0.123. The van der Waals surface area contributed by atoms with Crippen LogP contribution in [0.2, 0.25) is 0 Å². The number of hydrogen-bond donors (Lipinski definition) is 1. The van der Waals surface area contributed by atoms with E-state index in [2.05, 4.69) is 5.32 Å². The molecule has 156 valence electrons. The van der Waals surface area contributed by atoms with Crippen LogP contribution in [0, 0.1) is 0 Å². The third kappa shape index (κ3) is 5.96. The molecule has 0 aromatic heterocycles. The molecule has 29 heavy (non-hydrogen) atoms. The van der Waals surface area contributed by atoms with Crippen molar-refractivity contribution in [3.8, 4) is 11.5 Å². The number of hydrogen-bond acceptors (Lipinski definition) is 6. The van der Waals surface area contributed by atoms with Crippen LogP contribution >= 0.6 is 24.0 Å². The Kier molecular flexibility index (Phi) is 6.85. The Bertz CT molecular complexity index is 846. The summed E-state index contributed by atoms with van der Waals surface area (Å²) in [4.78, 5) is 26.8. The zero-order chi connectivity index (χ0) is 21.0. The maximum atomic E-state index is 12.7. The minimum absolute atomic E-state index is 0.0646. The monoisotopic (exact) mass is 434 g/mol. The minimum Gasteiger partial charge on any atom is -0.454 e. The molecule has 0 spiro atoms. The third-order valence-electron chi connectivity index (χ3n) is 4.37. The Morgan fingerprint density at radius 3 is 2.76 bits per heavy atom. The third-order valence-corrected chi connectivity index (χ3v) is 5.75. The predicted octanol–water partition coefficient (Wildman–Crippen LogP) is 4.09. The van der Waals surface area contributed by atoms with Crippen molar-refractivity contribution in [1.82, 2.24) is 10.2 Å². The van der Waals surface area contributed by atoms with Crippen LogP contribution in [-0.2, 0) is 9.59 Å². The van der Waals surface area contributed by atoms with Crippen LogP contribution in [0.4, 0.5) is 0 Å². The number of carbonyl (C=O) groups is 2. The van der Waals surface area contributed by atoms with E-state index in [4.69, 9.17) is 21.7 Å². The number of nitrogens with zero attached hydrogens (tertiary/aromatic N) is 1. The molecule has 2 heterocycles. The predicted molar refractivity (Wildman–Crippen MR) is 119 cm³/mol. The van der Waals surface area contributed by atoms with Gasteiger partial charge in [0, 0.05) is 18.5 Å². The van der Waals surface area contributed by atoms with Gasteiger partial charge in [-0.15, -0.1) is 0 Å². The number of fused-ring (bicyclic) bond motifs is 1. The minimum atomic E-state index is -0.205. The average molecular weight is 435 g/mol. The van der Waals surface area contributed by atoms with Crippen molar-refractivity contribution in [3.05, 3.63) is 28.7 Å². The summed E-state index contributed by atoms with van der Waals surface area (Å²) in [7, 11) is 0. The van der Waals surface area contributed by atoms with Crippen LogP contribution < -0.4 is 14.8 Å². The topological polar surface area (TPSA) is 67.9 Å². The van der Waals surface area contributed by atoms with E-state index in [1.54, 1.807) is 4.90 Å². The molecule has 0 saturated carbocycles. The van der Waals surface area contributed by atoms with Crippen molar-refractivity contribution < 1.29 is 19.1 Å². The van der Waals surface area contributed by atoms with Crippen molar-refractivity contribution >= 4 is 46.2 Å². The van der Waals surface area contributed by atoms with E-state index in [0.717, 1.165) is 24.8 Å². The van der Waals surface area contributed by atoms with Gasteiger partial charge in [0.1, 0.15) is 4.32 Å². The zero-order valence-corrected chi connectivity index (χ0v) is 18.6. The molecular formula is C21H26N2O4S2. The fraction of sp³-hybridized carbons (Fsp3) is 0.476. The molecule has 0 aliphatic carbocycles. The van der Waals surface area contributed by atoms with Crippen LogP contribution in [0.25, 0.3) is 6.08 Å². The number of thioether (sulfide) groups is 1. The summed E-state index contributed by atoms with van der Waals surface area (Å²) in [5.41, 5.74) is 0.669. The number of ether oxygens (including phenoxy) is 2. The highest BCUT2D eigenvalue weighted by Crippen LogP contribution is 2.36. The number of thiocarbonyl (C=S) groups is 1. The van der Waals surface area contributed by atoms with Crippen molar-refractivity contribution in [3.63, 3.8) is 0 Å². The highest BCUT2D eigenvalue weighted by atomic mass is 32.2. The quantitative estimate of drug-likeness (QED) is 0.396. The highest BCUT2D eigenvalue weighted by Gasteiger charge is 2.31. The second kappa shape index (κ2) is 9.17. The van der Waals surface area contributed by atoms with E-state index in [1.165, 1.54) is 11.8 Å². The van der Waals surface area contributed by atoms with Crippen molar-refractivity contribution in [1.29, 1.82) is 0 Å². The number of rotatable bonds is 7. The Labute approximate surface area is 181 Å². The Balaban J connectivity index is 1.47. The summed E-state index contributed by atoms with van der Waals surface area (Å²) >= 11 is 6.71. The summed E-state index contributed by atoms with van der Waals surface area (Å²) in [6, 6.07) is 5.59. The maximum absolute atomic E-state index is 12.7. The molecule has 2 aliphatic rings. The van der Waals surface area contributed by atoms with Crippen molar-refractivity contribution in [2.75, 3.05) is 13.3 Å². The van der Waals surface area contributed by atoms with E-state index < -0.39 is 0 Å². The molecule has 8 heteroatoms. The van der Waals surface area contributed by atoms with Crippen molar-refractivity contribution in [2.45, 2.75) is 52.0 Å². The maximum Gasteiger partial charge on any atom is 0.266 e. The number of nitrogens with one attached hydrogen (secondary N) is 1. The van der Waals surface area contributed by atoms with E-state index in [0.29, 0.717) is 33.7 Å². The molecule has 2 aliphatic heterocycles. The lowest BCUT2D eigenvalue weighted by atomic mass is 10.1. The molecule has 3 rings (SSSR count). The molecule has 1 fully saturated rings. The summed E-state index contributed by atoms with van der Waals surface area (Å²) in [5.74, 6) is 1.40. The molecule has 0 atom stereocenters. The van der Waals surface area contributed by atoms with Crippen LogP contribution in [0.3, 0.4) is 0 Å². The smallest absolute Gasteiger partial charge is 0.266 e. The Morgan fingerprint density at radius 1 is 1.24 bits per heavy atom. The number of unbranched alkanes of at least 4 members (excludes halogenated alkanes) is 2. The van der Waals surface area contributed by atoms with Gasteiger partial charge in [0.25, 0.3) is 5.91 Å². The largest absolute Gasteiger partial charge is 0.454 e. The van der Waals surface area contributed by atoms with Crippen molar-refractivity contribution in [2.24, 2.45) is 0 Å². The van der Waals surface area contributed by atoms with Gasteiger partial charge in [-0.1, -0.05) is 36.5 Å². The van der Waals surface area contributed by atoms with Crippen LogP contribution in [0.5, 0.6) is 11.5 Å². The van der Waals surface area contributed by atoms with Gasteiger partial charge in [0.2, 0.25) is 12.7 Å². The summed E-state index contributed by atoms with van der Waals surface area (Å²) in [6.45, 7) is 6.70. The summed E-state index contributed by atoms with van der Waals surface area (Å²) < 4.78 is 11.3. The first-order valence-electron chi connectivity index (χ1n) is 9.69. The van der Waals surface area contributed by atoms with Crippen LogP contribution in [0.15, 0.2) is 23.1 Å². The van der Waals surface area contributed by atoms with E-state index >= 15 is 0 Å². The molecule has 6 nitrogen and oxygen atoms in total. The Hall–Kier alpha value is -2.06. The van der Waals surface area contributed by atoms with E-state index in [-0.39, 0.29) is 24.1 Å². The first-order valence-corrected chi connectivity index (χ1v) is 10.9. The van der Waals surface area contributed by atoms with Gasteiger partial charge >= 0.3 is 0 Å². The molecule has 1 aromatic carbocycles. The molecule has 1 aromatic rings. The molecule has 1 N–H and O–H groups in total. The number of amides is 2. The first-order chi connectivity index (χ1) is 13.7. The number of benzene rings is 1. The van der Waals surface area contributed by atoms with Crippen LogP contribution in [0.1, 0.15) is 52.0 Å². The lowest BCUT2D eigenvalue weighted by Crippen LogP contribution is -2.40. The standard InChI is InChI=1S/C21H26N2O4S2/c1-21(2,3)22-18(24)7-5-4-6-10-23-19(25)17(29-20(23)28)12-14-8-9-15-16(11-14)27-13-26-15/h8-9,11-12H,4-7,10,13H2,1-3H3,(H,22,24)/b17-12-. The first kappa shape index (κ1) is 21.6. The van der Waals surface area contributed by atoms with Gasteiger partial charge in [-0.2, -0.15) is 0 Å². The van der Waals surface area contributed by atoms with Gasteiger partial charge < -0.3 is 14.8 Å². The molecule has 0 radical (unpaired) electrons. The second-order valence-electron chi connectivity index (χ2n) is 8.05. The van der Waals surface area contributed by atoms with Gasteiger partial charge in [0.05, 0.1) is 4.91 Å². The average Bonchev–Trinajstić information content (AvgIpc) is 3.19. The Morgan fingerprint density at radius 2 is 2.00 bits per heavy atom. The fourth-order valence-corrected chi connectivity index (χ4v) is 4.37.